The average Bonchev–Trinajstić information content (AvgIpc) is 2.35. The number of rotatable bonds is 3. The molecule has 3 N–H and O–H groups in total. The molecule has 0 aromatic carbocycles. The molecule has 1 heterocycles. The maximum atomic E-state index is 12.7. The van der Waals surface area contributed by atoms with E-state index >= 15 is 0 Å². The summed E-state index contributed by atoms with van der Waals surface area (Å²) in [4.78, 5) is 3.71. The van der Waals surface area contributed by atoms with Crippen LogP contribution < -0.4 is 11.3 Å². The van der Waals surface area contributed by atoms with E-state index in [0.29, 0.717) is 0 Å². The van der Waals surface area contributed by atoms with E-state index in [-0.39, 0.29) is 5.82 Å². The topological polar surface area (TPSA) is 55.9 Å². The first kappa shape index (κ1) is 10.4. The molecule has 0 aliphatic heterocycles. The third-order valence-corrected chi connectivity index (χ3v) is 1.83. The highest BCUT2D eigenvalue weighted by Crippen LogP contribution is 2.33. The summed E-state index contributed by atoms with van der Waals surface area (Å²) < 4.78 is 26.8. The van der Waals surface area contributed by atoms with E-state index in [1.54, 1.807) is 7.05 Å². The maximum Gasteiger partial charge on any atom is 0.345 e. The van der Waals surface area contributed by atoms with E-state index in [0.717, 1.165) is 0 Å². The van der Waals surface area contributed by atoms with Gasteiger partial charge in [0.25, 0.3) is 0 Å². The van der Waals surface area contributed by atoms with E-state index in [9.17, 15) is 8.78 Å². The second-order valence-electron chi connectivity index (χ2n) is 2.54. The van der Waals surface area contributed by atoms with Crippen molar-refractivity contribution in [2.45, 2.75) is 11.4 Å². The highest BCUT2D eigenvalue weighted by molar-refractivity contribution is 6.22. The van der Waals surface area contributed by atoms with Crippen LogP contribution in [0.3, 0.4) is 0 Å². The average molecular weight is 211 g/mol. The quantitative estimate of drug-likeness (QED) is 0.440. The van der Waals surface area contributed by atoms with Crippen molar-refractivity contribution in [2.24, 2.45) is 12.9 Å². The zero-order chi connectivity index (χ0) is 10.1. The molecule has 0 aliphatic carbocycles. The molecule has 1 atom stereocenters. The van der Waals surface area contributed by atoms with Crippen LogP contribution in [0, 0.1) is 0 Å². The Morgan fingerprint density at radius 3 is 2.69 bits per heavy atom. The first-order chi connectivity index (χ1) is 5.96. The zero-order valence-corrected chi connectivity index (χ0v) is 7.59. The number of halogens is 3. The fourth-order valence-corrected chi connectivity index (χ4v) is 1.13. The van der Waals surface area contributed by atoms with Gasteiger partial charge >= 0.3 is 5.38 Å². The molecule has 4 nitrogen and oxygen atoms in total. The molecule has 0 fully saturated rings. The molecule has 1 rings (SSSR count). The van der Waals surface area contributed by atoms with Gasteiger partial charge in [-0.25, -0.2) is 10.4 Å². The summed E-state index contributed by atoms with van der Waals surface area (Å²) >= 11 is 4.83. The summed E-state index contributed by atoms with van der Waals surface area (Å²) in [6, 6.07) is -1.49. The molecule has 0 spiro atoms. The highest BCUT2D eigenvalue weighted by atomic mass is 35.5. The standard InChI is InChI=1S/C6H9ClF2N4/c1-13-3-2-11-5(13)4(12-10)6(7,8)9/h2-4,12H,10H2,1H3. The van der Waals surface area contributed by atoms with Crippen LogP contribution >= 0.6 is 11.6 Å². The minimum Gasteiger partial charge on any atom is -0.336 e. The van der Waals surface area contributed by atoms with Crippen molar-refractivity contribution in [3.05, 3.63) is 18.2 Å². The predicted molar refractivity (Wildman–Crippen MR) is 44.1 cm³/mol. The molecule has 1 aromatic heterocycles. The Morgan fingerprint density at radius 1 is 1.77 bits per heavy atom. The second kappa shape index (κ2) is 3.57. The molecule has 0 saturated heterocycles. The third kappa shape index (κ3) is 2.15. The molecule has 1 unspecified atom stereocenters. The van der Waals surface area contributed by atoms with Crippen LogP contribution in [0.4, 0.5) is 8.78 Å². The number of aryl methyl sites for hydroxylation is 1. The van der Waals surface area contributed by atoms with Gasteiger partial charge in [0.15, 0.2) is 6.04 Å². The van der Waals surface area contributed by atoms with E-state index in [1.165, 1.54) is 17.0 Å². The van der Waals surface area contributed by atoms with Gasteiger partial charge in [0.2, 0.25) is 0 Å². The molecule has 0 amide bonds. The lowest BCUT2D eigenvalue weighted by molar-refractivity contribution is 0.0452. The Kier molecular flexibility index (Phi) is 2.84. The number of nitrogens with zero attached hydrogens (tertiary/aromatic N) is 2. The lowest BCUT2D eigenvalue weighted by Gasteiger charge is -2.19. The summed E-state index contributed by atoms with van der Waals surface area (Å²) in [6.45, 7) is 0. The molecule has 1 aromatic rings. The number of imidazole rings is 1. The number of hydrogen-bond acceptors (Lipinski definition) is 3. The Bertz CT molecular complexity index is 282. The van der Waals surface area contributed by atoms with Crippen LogP contribution in [0.1, 0.15) is 11.9 Å². The molecule has 0 aliphatic rings. The Morgan fingerprint density at radius 2 is 2.38 bits per heavy atom. The molecular formula is C6H9ClF2N4. The van der Waals surface area contributed by atoms with Crippen LogP contribution in [0.15, 0.2) is 12.4 Å². The van der Waals surface area contributed by atoms with E-state index in [2.05, 4.69) is 4.98 Å². The summed E-state index contributed by atoms with van der Waals surface area (Å²) in [7, 11) is 1.58. The Hall–Kier alpha value is -0.720. The van der Waals surface area contributed by atoms with Crippen LogP contribution in [0.5, 0.6) is 0 Å². The number of hydrogen-bond donors (Lipinski definition) is 2. The monoisotopic (exact) mass is 210 g/mol. The molecule has 13 heavy (non-hydrogen) atoms. The van der Waals surface area contributed by atoms with Crippen LogP contribution in [-0.2, 0) is 7.05 Å². The van der Waals surface area contributed by atoms with E-state index in [1.807, 2.05) is 5.43 Å². The van der Waals surface area contributed by atoms with Crippen molar-refractivity contribution in [3.63, 3.8) is 0 Å². The summed E-state index contributed by atoms with van der Waals surface area (Å²) in [5.74, 6) is 5.04. The van der Waals surface area contributed by atoms with Crippen molar-refractivity contribution >= 4 is 11.6 Å². The maximum absolute atomic E-state index is 12.7. The summed E-state index contributed by atoms with van der Waals surface area (Å²) in [5, 5.41) is -3.46. The smallest absolute Gasteiger partial charge is 0.336 e. The van der Waals surface area contributed by atoms with Gasteiger partial charge in [-0.15, -0.1) is 0 Å². The normalized spacial score (nSPS) is 14.5. The van der Waals surface area contributed by atoms with E-state index < -0.39 is 11.4 Å². The molecule has 0 radical (unpaired) electrons. The largest absolute Gasteiger partial charge is 0.345 e. The van der Waals surface area contributed by atoms with Gasteiger partial charge in [-0.2, -0.15) is 8.78 Å². The molecule has 0 saturated carbocycles. The molecular weight excluding hydrogens is 202 g/mol. The van der Waals surface area contributed by atoms with Gasteiger partial charge in [-0.3, -0.25) is 5.84 Å². The van der Waals surface area contributed by atoms with Gasteiger partial charge in [-0.05, 0) is 11.6 Å². The van der Waals surface area contributed by atoms with Gasteiger partial charge in [-0.1, -0.05) is 0 Å². The first-order valence-electron chi connectivity index (χ1n) is 3.47. The van der Waals surface area contributed by atoms with Crippen LogP contribution in [-0.4, -0.2) is 14.9 Å². The zero-order valence-electron chi connectivity index (χ0n) is 6.84. The SMILES string of the molecule is Cn1ccnc1C(NN)C(F)(F)Cl. The number of aromatic nitrogens is 2. The molecule has 74 valence electrons. The van der Waals surface area contributed by atoms with Crippen molar-refractivity contribution in [3.8, 4) is 0 Å². The minimum atomic E-state index is -3.46. The number of nitrogens with two attached hydrogens (primary N) is 1. The molecule has 0 bridgehead atoms. The lowest BCUT2D eigenvalue weighted by Crippen LogP contribution is -2.39. The van der Waals surface area contributed by atoms with Gasteiger partial charge < -0.3 is 4.57 Å². The number of alkyl halides is 3. The number of nitrogens with one attached hydrogen (secondary N) is 1. The third-order valence-electron chi connectivity index (χ3n) is 1.61. The van der Waals surface area contributed by atoms with Crippen molar-refractivity contribution < 1.29 is 8.78 Å². The van der Waals surface area contributed by atoms with Crippen molar-refractivity contribution in [2.75, 3.05) is 0 Å². The lowest BCUT2D eigenvalue weighted by atomic mass is 10.3. The predicted octanol–water partition coefficient (Wildman–Crippen LogP) is 0.756. The highest BCUT2D eigenvalue weighted by Gasteiger charge is 2.40. The Labute approximate surface area is 78.7 Å². The number of hydrazine groups is 1. The Balaban J connectivity index is 2.98. The first-order valence-corrected chi connectivity index (χ1v) is 3.84. The van der Waals surface area contributed by atoms with Crippen molar-refractivity contribution in [1.82, 2.24) is 15.0 Å². The van der Waals surface area contributed by atoms with Gasteiger partial charge in [0, 0.05) is 19.4 Å². The van der Waals surface area contributed by atoms with Crippen LogP contribution in [0.2, 0.25) is 0 Å². The molecule has 7 heteroatoms. The van der Waals surface area contributed by atoms with E-state index in [4.69, 9.17) is 17.4 Å². The fourth-order valence-electron chi connectivity index (χ4n) is 0.971. The second-order valence-corrected chi connectivity index (χ2v) is 3.04. The summed E-state index contributed by atoms with van der Waals surface area (Å²) in [5.41, 5.74) is 1.92. The van der Waals surface area contributed by atoms with Crippen molar-refractivity contribution in [1.29, 1.82) is 0 Å². The van der Waals surface area contributed by atoms with Gasteiger partial charge in [0.1, 0.15) is 5.82 Å². The fraction of sp³-hybridized carbons (Fsp3) is 0.500. The summed E-state index contributed by atoms with van der Waals surface area (Å²) in [6.07, 6.45) is 2.92. The van der Waals surface area contributed by atoms with Crippen LogP contribution in [0.25, 0.3) is 0 Å². The van der Waals surface area contributed by atoms with Gasteiger partial charge in [0.05, 0.1) is 0 Å². The minimum absolute atomic E-state index is 0.0856.